The lowest BCUT2D eigenvalue weighted by Gasteiger charge is -2.04. The molecular weight excluding hydrogens is 196 g/mol. The first-order chi connectivity index (χ1) is 7.24. The number of pyridine rings is 1. The molecule has 2 heterocycles. The minimum Gasteiger partial charge on any atom is -0.489 e. The molecule has 1 fully saturated rings. The van der Waals surface area contributed by atoms with Gasteiger partial charge in [-0.2, -0.15) is 0 Å². The lowest BCUT2D eigenvalue weighted by molar-refractivity contribution is -0.114. The molecule has 15 heavy (non-hydrogen) atoms. The van der Waals surface area contributed by atoms with E-state index in [1.165, 1.54) is 6.92 Å². The van der Waals surface area contributed by atoms with E-state index in [2.05, 4.69) is 10.3 Å². The second-order valence-electron chi connectivity index (χ2n) is 3.33. The summed E-state index contributed by atoms with van der Waals surface area (Å²) >= 11 is 0. The van der Waals surface area contributed by atoms with Gasteiger partial charge in [0.2, 0.25) is 5.91 Å². The van der Waals surface area contributed by atoms with E-state index < -0.39 is 0 Å². The standard InChI is InChI=1S/C10H12N2O3/c1-7(13)12-10-3-2-8(4-11-10)14-5-9-6-15-9/h2-4,9H,5-6H2,1H3,(H,11,12,13)/t9-/m1/s1. The Kier molecular flexibility index (Phi) is 2.82. The van der Waals surface area contributed by atoms with Crippen molar-refractivity contribution in [2.45, 2.75) is 13.0 Å². The highest BCUT2D eigenvalue weighted by atomic mass is 16.6. The number of epoxide rings is 1. The number of carbonyl (C=O) groups excluding carboxylic acids is 1. The summed E-state index contributed by atoms with van der Waals surface area (Å²) in [4.78, 5) is 14.7. The van der Waals surface area contributed by atoms with Crippen molar-refractivity contribution in [2.75, 3.05) is 18.5 Å². The first-order valence-electron chi connectivity index (χ1n) is 4.72. The first kappa shape index (κ1) is 9.92. The number of rotatable bonds is 4. The van der Waals surface area contributed by atoms with E-state index in [4.69, 9.17) is 9.47 Å². The van der Waals surface area contributed by atoms with Gasteiger partial charge in [0.15, 0.2) is 0 Å². The van der Waals surface area contributed by atoms with Gasteiger partial charge in [-0.05, 0) is 12.1 Å². The highest BCUT2D eigenvalue weighted by molar-refractivity contribution is 5.87. The Balaban J connectivity index is 1.87. The van der Waals surface area contributed by atoms with E-state index in [9.17, 15) is 4.79 Å². The largest absolute Gasteiger partial charge is 0.489 e. The van der Waals surface area contributed by atoms with E-state index in [1.54, 1.807) is 18.3 Å². The minimum atomic E-state index is -0.137. The molecule has 0 spiro atoms. The summed E-state index contributed by atoms with van der Waals surface area (Å²) in [6.07, 6.45) is 1.81. The second-order valence-corrected chi connectivity index (χ2v) is 3.33. The van der Waals surface area contributed by atoms with Crippen LogP contribution in [0.2, 0.25) is 0 Å². The Bertz CT molecular complexity index is 346. The van der Waals surface area contributed by atoms with Crippen LogP contribution in [0, 0.1) is 0 Å². The van der Waals surface area contributed by atoms with E-state index >= 15 is 0 Å². The van der Waals surface area contributed by atoms with E-state index in [0.29, 0.717) is 18.2 Å². The molecule has 1 aromatic rings. The van der Waals surface area contributed by atoms with Crippen LogP contribution in [-0.2, 0) is 9.53 Å². The van der Waals surface area contributed by atoms with Crippen molar-refractivity contribution in [1.29, 1.82) is 0 Å². The highest BCUT2D eigenvalue weighted by Crippen LogP contribution is 2.15. The van der Waals surface area contributed by atoms with E-state index in [1.807, 2.05) is 0 Å². The molecule has 0 unspecified atom stereocenters. The molecule has 1 amide bonds. The van der Waals surface area contributed by atoms with E-state index in [0.717, 1.165) is 6.61 Å². The van der Waals surface area contributed by atoms with Crippen LogP contribution in [0.3, 0.4) is 0 Å². The second kappa shape index (κ2) is 4.27. The van der Waals surface area contributed by atoms with Gasteiger partial charge in [-0.15, -0.1) is 0 Å². The number of aromatic nitrogens is 1. The predicted molar refractivity (Wildman–Crippen MR) is 53.8 cm³/mol. The Morgan fingerprint density at radius 2 is 2.53 bits per heavy atom. The Morgan fingerprint density at radius 1 is 1.73 bits per heavy atom. The molecule has 1 aromatic heterocycles. The number of nitrogens with one attached hydrogen (secondary N) is 1. The van der Waals surface area contributed by atoms with Gasteiger partial charge in [-0.3, -0.25) is 4.79 Å². The molecule has 1 saturated heterocycles. The lowest BCUT2D eigenvalue weighted by atomic mass is 10.4. The third-order valence-electron chi connectivity index (χ3n) is 1.88. The zero-order valence-electron chi connectivity index (χ0n) is 8.40. The summed E-state index contributed by atoms with van der Waals surface area (Å²) in [5.74, 6) is 1.07. The third kappa shape index (κ3) is 3.21. The summed E-state index contributed by atoms with van der Waals surface area (Å²) in [6.45, 7) is 2.77. The predicted octanol–water partition coefficient (Wildman–Crippen LogP) is 0.818. The fourth-order valence-corrected chi connectivity index (χ4v) is 1.07. The Labute approximate surface area is 87.4 Å². The molecule has 0 aromatic carbocycles. The van der Waals surface area contributed by atoms with Crippen LogP contribution in [0.4, 0.5) is 5.82 Å². The van der Waals surface area contributed by atoms with Crippen LogP contribution in [0.15, 0.2) is 18.3 Å². The smallest absolute Gasteiger partial charge is 0.222 e. The number of anilines is 1. The van der Waals surface area contributed by atoms with Crippen molar-refractivity contribution < 1.29 is 14.3 Å². The Morgan fingerprint density at radius 3 is 3.07 bits per heavy atom. The van der Waals surface area contributed by atoms with Gasteiger partial charge in [-0.25, -0.2) is 4.98 Å². The molecule has 1 atom stereocenters. The fourth-order valence-electron chi connectivity index (χ4n) is 1.07. The minimum absolute atomic E-state index is 0.137. The van der Waals surface area contributed by atoms with Gasteiger partial charge in [0.1, 0.15) is 24.3 Å². The monoisotopic (exact) mass is 208 g/mol. The van der Waals surface area contributed by atoms with Gasteiger partial charge < -0.3 is 14.8 Å². The lowest BCUT2D eigenvalue weighted by Crippen LogP contribution is -2.08. The summed E-state index contributed by atoms with van der Waals surface area (Å²) in [5, 5.41) is 2.58. The molecule has 0 radical (unpaired) electrons. The van der Waals surface area contributed by atoms with Gasteiger partial charge in [0, 0.05) is 6.92 Å². The highest BCUT2D eigenvalue weighted by Gasteiger charge is 2.22. The molecule has 5 heteroatoms. The third-order valence-corrected chi connectivity index (χ3v) is 1.88. The molecule has 0 aliphatic carbocycles. The zero-order valence-corrected chi connectivity index (χ0v) is 8.40. The van der Waals surface area contributed by atoms with Gasteiger partial charge in [-0.1, -0.05) is 0 Å². The van der Waals surface area contributed by atoms with Crippen molar-refractivity contribution >= 4 is 11.7 Å². The maximum atomic E-state index is 10.7. The van der Waals surface area contributed by atoms with Crippen molar-refractivity contribution in [3.8, 4) is 5.75 Å². The van der Waals surface area contributed by atoms with Gasteiger partial charge in [0.25, 0.3) is 0 Å². The number of nitrogens with zero attached hydrogens (tertiary/aromatic N) is 1. The first-order valence-corrected chi connectivity index (χ1v) is 4.72. The molecule has 2 rings (SSSR count). The normalized spacial score (nSPS) is 18.3. The van der Waals surface area contributed by atoms with Gasteiger partial charge >= 0.3 is 0 Å². The summed E-state index contributed by atoms with van der Waals surface area (Å²) in [6, 6.07) is 3.46. The van der Waals surface area contributed by atoms with Crippen molar-refractivity contribution in [3.63, 3.8) is 0 Å². The number of carbonyl (C=O) groups is 1. The number of ether oxygens (including phenoxy) is 2. The molecular formula is C10H12N2O3. The van der Waals surface area contributed by atoms with E-state index in [-0.39, 0.29) is 12.0 Å². The summed E-state index contributed by atoms with van der Waals surface area (Å²) < 4.78 is 10.4. The molecule has 1 aliphatic heterocycles. The maximum Gasteiger partial charge on any atom is 0.222 e. The van der Waals surface area contributed by atoms with Crippen molar-refractivity contribution in [1.82, 2.24) is 4.98 Å². The SMILES string of the molecule is CC(=O)Nc1ccc(OC[C@@H]2CO2)cn1. The average Bonchev–Trinajstić information content (AvgIpc) is 2.99. The number of hydrogen-bond donors (Lipinski definition) is 1. The number of hydrogen-bond acceptors (Lipinski definition) is 4. The van der Waals surface area contributed by atoms with Gasteiger partial charge in [0.05, 0.1) is 12.8 Å². The maximum absolute atomic E-state index is 10.7. The van der Waals surface area contributed by atoms with Crippen LogP contribution in [0.25, 0.3) is 0 Å². The number of amides is 1. The Hall–Kier alpha value is -1.62. The molecule has 0 bridgehead atoms. The molecule has 5 nitrogen and oxygen atoms in total. The topological polar surface area (TPSA) is 63.8 Å². The zero-order chi connectivity index (χ0) is 10.7. The molecule has 1 aliphatic rings. The van der Waals surface area contributed by atoms with Crippen molar-refractivity contribution in [3.05, 3.63) is 18.3 Å². The quantitative estimate of drug-likeness (QED) is 0.744. The molecule has 0 saturated carbocycles. The average molecular weight is 208 g/mol. The fraction of sp³-hybridized carbons (Fsp3) is 0.400. The van der Waals surface area contributed by atoms with Crippen molar-refractivity contribution in [2.24, 2.45) is 0 Å². The molecule has 1 N–H and O–H groups in total. The summed E-state index contributed by atoms with van der Waals surface area (Å²) in [7, 11) is 0. The molecule has 80 valence electrons. The van der Waals surface area contributed by atoms with Crippen LogP contribution in [0.5, 0.6) is 5.75 Å². The van der Waals surface area contributed by atoms with Crippen LogP contribution in [0.1, 0.15) is 6.92 Å². The van der Waals surface area contributed by atoms with Crippen LogP contribution < -0.4 is 10.1 Å². The van der Waals surface area contributed by atoms with Crippen LogP contribution >= 0.6 is 0 Å². The summed E-state index contributed by atoms with van der Waals surface area (Å²) in [5.41, 5.74) is 0. The van der Waals surface area contributed by atoms with Crippen LogP contribution in [-0.4, -0.2) is 30.2 Å².